The van der Waals surface area contributed by atoms with E-state index in [0.29, 0.717) is 12.1 Å². The largest absolute Gasteiger partial charge is 0.381 e. The maximum absolute atomic E-state index is 6.14. The molecule has 2 atom stereocenters. The number of nitrogens with two attached hydrogens (primary N) is 1. The first-order valence-corrected chi connectivity index (χ1v) is 5.86. The molecule has 0 saturated heterocycles. The van der Waals surface area contributed by atoms with Crippen LogP contribution in [0.1, 0.15) is 44.8 Å². The Hall–Kier alpha value is -0.870. The van der Waals surface area contributed by atoms with Crippen molar-refractivity contribution in [3.63, 3.8) is 0 Å². The van der Waals surface area contributed by atoms with Crippen molar-refractivity contribution in [1.29, 1.82) is 0 Å². The first-order valence-electron chi connectivity index (χ1n) is 5.86. The first kappa shape index (κ1) is 11.6. The molecule has 0 amide bonds. The highest BCUT2D eigenvalue weighted by Gasteiger charge is 2.29. The summed E-state index contributed by atoms with van der Waals surface area (Å²) in [6.45, 7) is 4.03. The maximum atomic E-state index is 6.14. The Bertz CT molecular complexity index is 353. The smallest absolute Gasteiger partial charge is 0.0951 e. The van der Waals surface area contributed by atoms with Gasteiger partial charge in [-0.25, -0.2) is 4.98 Å². The fourth-order valence-electron chi connectivity index (χ4n) is 2.48. The van der Waals surface area contributed by atoms with Gasteiger partial charge in [-0.3, -0.25) is 0 Å². The van der Waals surface area contributed by atoms with E-state index in [0.717, 1.165) is 25.0 Å². The molecule has 4 heteroatoms. The van der Waals surface area contributed by atoms with E-state index in [1.54, 1.807) is 7.11 Å². The second-order valence-corrected chi connectivity index (χ2v) is 5.23. The van der Waals surface area contributed by atoms with Crippen LogP contribution in [0.5, 0.6) is 0 Å². The quantitative estimate of drug-likeness (QED) is 0.850. The van der Waals surface area contributed by atoms with Gasteiger partial charge in [-0.05, 0) is 33.1 Å². The predicted molar refractivity (Wildman–Crippen MR) is 63.1 cm³/mol. The molecule has 2 N–H and O–H groups in total. The van der Waals surface area contributed by atoms with Gasteiger partial charge in [-0.1, -0.05) is 0 Å². The lowest BCUT2D eigenvalue weighted by atomic mass is 10.0. The van der Waals surface area contributed by atoms with Crippen LogP contribution >= 0.6 is 0 Å². The molecule has 2 unspecified atom stereocenters. The number of hydrogen-bond acceptors (Lipinski definition) is 3. The van der Waals surface area contributed by atoms with Crippen LogP contribution in [0.4, 0.5) is 0 Å². The third-order valence-corrected chi connectivity index (χ3v) is 3.41. The van der Waals surface area contributed by atoms with E-state index in [1.165, 1.54) is 0 Å². The number of hydrogen-bond donors (Lipinski definition) is 1. The van der Waals surface area contributed by atoms with Crippen LogP contribution in [-0.2, 0) is 10.3 Å². The summed E-state index contributed by atoms with van der Waals surface area (Å²) in [6, 6.07) is 0.491. The number of ether oxygens (including phenoxy) is 1. The SMILES string of the molecule is COC1CCC(n2cncc2C(C)(C)N)C1. The number of rotatable bonds is 3. The molecule has 0 spiro atoms. The number of nitrogens with zero attached hydrogens (tertiary/aromatic N) is 2. The summed E-state index contributed by atoms with van der Waals surface area (Å²) in [4.78, 5) is 4.23. The third-order valence-electron chi connectivity index (χ3n) is 3.41. The lowest BCUT2D eigenvalue weighted by Crippen LogP contribution is -2.32. The van der Waals surface area contributed by atoms with Gasteiger partial charge in [-0.2, -0.15) is 0 Å². The normalized spacial score (nSPS) is 26.2. The highest BCUT2D eigenvalue weighted by Crippen LogP contribution is 2.34. The van der Waals surface area contributed by atoms with Gasteiger partial charge in [0.05, 0.1) is 23.7 Å². The zero-order valence-electron chi connectivity index (χ0n) is 10.3. The van der Waals surface area contributed by atoms with Crippen molar-refractivity contribution < 1.29 is 4.74 Å². The maximum Gasteiger partial charge on any atom is 0.0951 e. The molecule has 90 valence electrons. The Morgan fingerprint density at radius 2 is 2.25 bits per heavy atom. The molecule has 0 bridgehead atoms. The Balaban J connectivity index is 2.19. The molecule has 0 aliphatic heterocycles. The summed E-state index contributed by atoms with van der Waals surface area (Å²) >= 11 is 0. The minimum atomic E-state index is -0.332. The summed E-state index contributed by atoms with van der Waals surface area (Å²) in [5.41, 5.74) is 6.92. The molecular formula is C12H21N3O. The Kier molecular flexibility index (Phi) is 3.04. The molecule has 1 aliphatic carbocycles. The molecule has 16 heavy (non-hydrogen) atoms. The van der Waals surface area contributed by atoms with Crippen molar-refractivity contribution in [3.8, 4) is 0 Å². The van der Waals surface area contributed by atoms with Gasteiger partial charge in [0.2, 0.25) is 0 Å². The van der Waals surface area contributed by atoms with Gasteiger partial charge in [0, 0.05) is 19.3 Å². The van der Waals surface area contributed by atoms with E-state index in [2.05, 4.69) is 9.55 Å². The summed E-state index contributed by atoms with van der Waals surface area (Å²) < 4.78 is 7.62. The molecule has 4 nitrogen and oxygen atoms in total. The fourth-order valence-corrected chi connectivity index (χ4v) is 2.48. The molecule has 1 saturated carbocycles. The summed E-state index contributed by atoms with van der Waals surface area (Å²) in [7, 11) is 1.79. The third kappa shape index (κ3) is 2.13. The number of aromatic nitrogens is 2. The lowest BCUT2D eigenvalue weighted by molar-refractivity contribution is 0.105. The number of imidazole rings is 1. The average Bonchev–Trinajstić information content (AvgIpc) is 2.84. The van der Waals surface area contributed by atoms with Crippen LogP contribution in [-0.4, -0.2) is 22.8 Å². The van der Waals surface area contributed by atoms with Crippen LogP contribution in [0.2, 0.25) is 0 Å². The van der Waals surface area contributed by atoms with Gasteiger partial charge in [0.1, 0.15) is 0 Å². The Morgan fingerprint density at radius 1 is 1.50 bits per heavy atom. The van der Waals surface area contributed by atoms with Crippen LogP contribution in [0.15, 0.2) is 12.5 Å². The van der Waals surface area contributed by atoms with E-state index in [4.69, 9.17) is 10.5 Å². The van der Waals surface area contributed by atoms with Crippen LogP contribution in [0, 0.1) is 0 Å². The average molecular weight is 223 g/mol. The zero-order valence-corrected chi connectivity index (χ0v) is 10.3. The van der Waals surface area contributed by atoms with Gasteiger partial charge >= 0.3 is 0 Å². The van der Waals surface area contributed by atoms with Crippen LogP contribution in [0.25, 0.3) is 0 Å². The van der Waals surface area contributed by atoms with Crippen LogP contribution in [0.3, 0.4) is 0 Å². The predicted octanol–water partition coefficient (Wildman–Crippen LogP) is 1.82. The zero-order chi connectivity index (χ0) is 11.8. The Labute approximate surface area is 96.8 Å². The topological polar surface area (TPSA) is 53.1 Å². The van der Waals surface area contributed by atoms with E-state index < -0.39 is 0 Å². The Morgan fingerprint density at radius 3 is 2.81 bits per heavy atom. The summed E-state index contributed by atoms with van der Waals surface area (Å²) in [5.74, 6) is 0. The first-order chi connectivity index (χ1) is 7.52. The lowest BCUT2D eigenvalue weighted by Gasteiger charge is -2.24. The van der Waals surface area contributed by atoms with Crippen molar-refractivity contribution >= 4 is 0 Å². The molecule has 0 aromatic carbocycles. The molecule has 1 aliphatic rings. The van der Waals surface area contributed by atoms with E-state index in [9.17, 15) is 0 Å². The monoisotopic (exact) mass is 223 g/mol. The molecule has 0 radical (unpaired) electrons. The minimum absolute atomic E-state index is 0.332. The highest BCUT2D eigenvalue weighted by atomic mass is 16.5. The second-order valence-electron chi connectivity index (χ2n) is 5.23. The fraction of sp³-hybridized carbons (Fsp3) is 0.750. The van der Waals surface area contributed by atoms with Crippen molar-refractivity contribution in [2.45, 2.75) is 50.8 Å². The minimum Gasteiger partial charge on any atom is -0.381 e. The standard InChI is InChI=1S/C12H21N3O/c1-12(2,13)11-7-14-8-15(11)9-4-5-10(6-9)16-3/h7-10H,4-6,13H2,1-3H3. The summed E-state index contributed by atoms with van der Waals surface area (Å²) in [5, 5.41) is 0. The second kappa shape index (κ2) is 4.18. The van der Waals surface area contributed by atoms with Crippen molar-refractivity contribution in [2.24, 2.45) is 5.73 Å². The summed E-state index contributed by atoms with van der Waals surface area (Å²) in [6.07, 6.45) is 7.51. The van der Waals surface area contributed by atoms with E-state index in [1.807, 2.05) is 26.4 Å². The van der Waals surface area contributed by atoms with Crippen molar-refractivity contribution in [1.82, 2.24) is 9.55 Å². The van der Waals surface area contributed by atoms with Gasteiger partial charge < -0.3 is 15.0 Å². The number of methoxy groups -OCH3 is 1. The highest BCUT2D eigenvalue weighted by molar-refractivity contribution is 5.11. The molecule has 1 fully saturated rings. The van der Waals surface area contributed by atoms with Gasteiger partial charge in [-0.15, -0.1) is 0 Å². The molecule has 1 heterocycles. The van der Waals surface area contributed by atoms with E-state index >= 15 is 0 Å². The van der Waals surface area contributed by atoms with Crippen molar-refractivity contribution in [3.05, 3.63) is 18.2 Å². The molecule has 2 rings (SSSR count). The molecule has 1 aromatic heterocycles. The van der Waals surface area contributed by atoms with Gasteiger partial charge in [0.15, 0.2) is 0 Å². The van der Waals surface area contributed by atoms with Crippen molar-refractivity contribution in [2.75, 3.05) is 7.11 Å². The molecule has 1 aromatic rings. The van der Waals surface area contributed by atoms with Crippen LogP contribution < -0.4 is 5.73 Å². The van der Waals surface area contributed by atoms with E-state index in [-0.39, 0.29) is 5.54 Å². The van der Waals surface area contributed by atoms with Gasteiger partial charge in [0.25, 0.3) is 0 Å². The molecular weight excluding hydrogens is 202 g/mol.